The minimum Gasteiger partial charge on any atom is -0.457 e. The lowest BCUT2D eigenvalue weighted by atomic mass is 10.1. The van der Waals surface area contributed by atoms with Gasteiger partial charge in [-0.15, -0.1) is 0 Å². The van der Waals surface area contributed by atoms with E-state index in [9.17, 15) is 14.0 Å². The number of carbonyl (C=O) groups excluding carboxylic acids is 2. The van der Waals surface area contributed by atoms with Crippen LogP contribution in [0, 0.1) is 5.82 Å². The lowest BCUT2D eigenvalue weighted by Gasteiger charge is -2.19. The molecule has 7 heteroatoms. The summed E-state index contributed by atoms with van der Waals surface area (Å²) in [6.45, 7) is 0.221. The first-order chi connectivity index (χ1) is 18.1. The molecule has 0 aromatic heterocycles. The average molecular weight is 499 g/mol. The van der Waals surface area contributed by atoms with Gasteiger partial charge in [-0.1, -0.05) is 66.7 Å². The largest absolute Gasteiger partial charge is 0.457 e. The van der Waals surface area contributed by atoms with Crippen LogP contribution in [0.1, 0.15) is 11.1 Å². The predicted octanol–water partition coefficient (Wildman–Crippen LogP) is 5.50. The van der Waals surface area contributed by atoms with Crippen molar-refractivity contribution in [3.8, 4) is 11.5 Å². The zero-order valence-corrected chi connectivity index (χ0v) is 20.1. The molecule has 0 bridgehead atoms. The van der Waals surface area contributed by atoms with Crippen LogP contribution in [0.5, 0.6) is 11.5 Å². The monoisotopic (exact) mass is 498 g/mol. The number of carbonyl (C=O) groups is 2. The fourth-order valence-electron chi connectivity index (χ4n) is 3.57. The summed E-state index contributed by atoms with van der Waals surface area (Å²) in [6.07, 6.45) is -0.194. The van der Waals surface area contributed by atoms with Crippen LogP contribution in [0.4, 0.5) is 10.1 Å². The van der Waals surface area contributed by atoms with Crippen molar-refractivity contribution in [2.75, 3.05) is 11.9 Å². The van der Waals surface area contributed by atoms with E-state index in [1.807, 2.05) is 60.7 Å². The van der Waals surface area contributed by atoms with E-state index in [1.54, 1.807) is 36.4 Å². The van der Waals surface area contributed by atoms with Gasteiger partial charge in [0, 0.05) is 5.69 Å². The quantitative estimate of drug-likeness (QED) is 0.286. The van der Waals surface area contributed by atoms with Gasteiger partial charge in [0.2, 0.25) is 11.8 Å². The molecule has 4 aromatic rings. The molecule has 4 aromatic carbocycles. The number of nitrogens with one attached hydrogen (secondary N) is 2. The molecule has 2 N–H and O–H groups in total. The third-order valence-corrected chi connectivity index (χ3v) is 5.46. The number of ether oxygens (including phenoxy) is 2. The molecular weight excluding hydrogens is 471 g/mol. The van der Waals surface area contributed by atoms with Crippen molar-refractivity contribution in [2.45, 2.75) is 19.1 Å². The Bertz CT molecular complexity index is 1300. The van der Waals surface area contributed by atoms with E-state index >= 15 is 0 Å². The van der Waals surface area contributed by atoms with Crippen LogP contribution in [-0.4, -0.2) is 24.5 Å². The zero-order valence-electron chi connectivity index (χ0n) is 20.1. The molecule has 37 heavy (non-hydrogen) atoms. The molecular formula is C30H27FN2O4. The number of halogens is 1. The molecule has 1 atom stereocenters. The third kappa shape index (κ3) is 8.02. The van der Waals surface area contributed by atoms with E-state index in [0.717, 1.165) is 5.56 Å². The minimum absolute atomic E-state index is 0.0566. The summed E-state index contributed by atoms with van der Waals surface area (Å²) in [6, 6.07) is 30.8. The summed E-state index contributed by atoms with van der Waals surface area (Å²) in [5.41, 5.74) is 1.72. The Morgan fingerprint density at radius 1 is 0.757 bits per heavy atom. The van der Waals surface area contributed by atoms with Gasteiger partial charge < -0.3 is 20.1 Å². The van der Waals surface area contributed by atoms with Gasteiger partial charge in [-0.3, -0.25) is 9.59 Å². The highest BCUT2D eigenvalue weighted by Gasteiger charge is 2.22. The van der Waals surface area contributed by atoms with E-state index in [1.165, 1.54) is 12.1 Å². The van der Waals surface area contributed by atoms with Crippen molar-refractivity contribution in [2.24, 2.45) is 0 Å². The predicted molar refractivity (Wildman–Crippen MR) is 140 cm³/mol. The Morgan fingerprint density at radius 2 is 1.38 bits per heavy atom. The van der Waals surface area contributed by atoms with Gasteiger partial charge in [0.25, 0.3) is 0 Å². The van der Waals surface area contributed by atoms with Crippen molar-refractivity contribution in [1.29, 1.82) is 0 Å². The molecule has 0 fully saturated rings. The Hall–Kier alpha value is -4.49. The van der Waals surface area contributed by atoms with E-state index in [0.29, 0.717) is 17.2 Å². The van der Waals surface area contributed by atoms with Crippen molar-refractivity contribution < 1.29 is 23.5 Å². The van der Waals surface area contributed by atoms with E-state index in [2.05, 4.69) is 10.6 Å². The minimum atomic E-state index is -0.983. The third-order valence-electron chi connectivity index (χ3n) is 5.46. The van der Waals surface area contributed by atoms with E-state index in [4.69, 9.17) is 9.47 Å². The van der Waals surface area contributed by atoms with Crippen LogP contribution < -0.4 is 15.4 Å². The van der Waals surface area contributed by atoms with Crippen molar-refractivity contribution in [3.63, 3.8) is 0 Å². The summed E-state index contributed by atoms with van der Waals surface area (Å²) >= 11 is 0. The second kappa shape index (κ2) is 13.0. The molecule has 0 saturated carbocycles. The SMILES string of the molecule is O=C(Cc1ccccc1F)N[C@@H](COCc1ccccc1)C(=O)Nc1ccc(Oc2ccccc2)cc1. The fraction of sp³-hybridized carbons (Fsp3) is 0.133. The lowest BCUT2D eigenvalue weighted by molar-refractivity contribution is -0.127. The summed E-state index contributed by atoms with van der Waals surface area (Å²) < 4.78 is 25.5. The summed E-state index contributed by atoms with van der Waals surface area (Å²) in [5, 5.41) is 5.47. The van der Waals surface area contributed by atoms with Crippen molar-refractivity contribution in [1.82, 2.24) is 5.32 Å². The number of rotatable bonds is 11. The molecule has 0 aliphatic heterocycles. The highest BCUT2D eigenvalue weighted by atomic mass is 19.1. The van der Waals surface area contributed by atoms with E-state index in [-0.39, 0.29) is 25.2 Å². The highest BCUT2D eigenvalue weighted by Crippen LogP contribution is 2.22. The maximum atomic E-state index is 14.0. The van der Waals surface area contributed by atoms with Gasteiger partial charge in [0.15, 0.2) is 0 Å². The molecule has 0 radical (unpaired) electrons. The highest BCUT2D eigenvalue weighted by molar-refractivity contribution is 5.97. The Morgan fingerprint density at radius 3 is 2.08 bits per heavy atom. The van der Waals surface area contributed by atoms with E-state index < -0.39 is 23.7 Å². The zero-order chi connectivity index (χ0) is 25.9. The Kier molecular flexibility index (Phi) is 8.99. The summed E-state index contributed by atoms with van der Waals surface area (Å²) in [4.78, 5) is 25.7. The van der Waals surface area contributed by atoms with Gasteiger partial charge in [0.05, 0.1) is 19.6 Å². The molecule has 0 saturated heterocycles. The van der Waals surface area contributed by atoms with Crippen LogP contribution in [-0.2, 0) is 27.4 Å². The molecule has 0 unspecified atom stereocenters. The average Bonchev–Trinajstić information content (AvgIpc) is 2.92. The second-order valence-corrected chi connectivity index (χ2v) is 8.32. The first-order valence-corrected chi connectivity index (χ1v) is 11.8. The van der Waals surface area contributed by atoms with Crippen LogP contribution in [0.3, 0.4) is 0 Å². The number of hydrogen-bond donors (Lipinski definition) is 2. The van der Waals surface area contributed by atoms with Crippen molar-refractivity contribution >= 4 is 17.5 Å². The maximum Gasteiger partial charge on any atom is 0.249 e. The van der Waals surface area contributed by atoms with Gasteiger partial charge in [-0.05, 0) is 53.6 Å². The number of benzene rings is 4. The molecule has 0 aliphatic carbocycles. The van der Waals surface area contributed by atoms with Gasteiger partial charge in [-0.25, -0.2) is 4.39 Å². The number of amides is 2. The number of para-hydroxylation sites is 1. The Balaban J connectivity index is 1.39. The number of anilines is 1. The molecule has 0 heterocycles. The first kappa shape index (κ1) is 25.6. The topological polar surface area (TPSA) is 76.7 Å². The van der Waals surface area contributed by atoms with Gasteiger partial charge >= 0.3 is 0 Å². The van der Waals surface area contributed by atoms with Gasteiger partial charge in [0.1, 0.15) is 23.4 Å². The molecule has 0 aliphatic rings. The Labute approximate surface area is 215 Å². The maximum absolute atomic E-state index is 14.0. The summed E-state index contributed by atoms with van der Waals surface area (Å²) in [5.74, 6) is -0.0961. The molecule has 188 valence electrons. The normalized spacial score (nSPS) is 11.4. The number of hydrogen-bond acceptors (Lipinski definition) is 4. The first-order valence-electron chi connectivity index (χ1n) is 11.8. The molecule has 4 rings (SSSR count). The van der Waals surface area contributed by atoms with Crippen molar-refractivity contribution in [3.05, 3.63) is 126 Å². The van der Waals surface area contributed by atoms with Crippen LogP contribution in [0.25, 0.3) is 0 Å². The van der Waals surface area contributed by atoms with Crippen LogP contribution in [0.15, 0.2) is 109 Å². The summed E-state index contributed by atoms with van der Waals surface area (Å²) in [7, 11) is 0. The standard InChI is InChI=1S/C30H27FN2O4/c31-27-14-8-7-11-23(27)19-29(34)33-28(21-36-20-22-9-3-1-4-10-22)30(35)32-24-15-17-26(18-16-24)37-25-12-5-2-6-13-25/h1-18,28H,19-21H2,(H,32,35)(H,33,34)/t28-/m0/s1. The molecule has 2 amide bonds. The second-order valence-electron chi connectivity index (χ2n) is 8.32. The molecule has 6 nitrogen and oxygen atoms in total. The van der Waals surface area contributed by atoms with Crippen LogP contribution in [0.2, 0.25) is 0 Å². The lowest BCUT2D eigenvalue weighted by Crippen LogP contribution is -2.47. The van der Waals surface area contributed by atoms with Crippen LogP contribution >= 0.6 is 0 Å². The van der Waals surface area contributed by atoms with Gasteiger partial charge in [-0.2, -0.15) is 0 Å². The smallest absolute Gasteiger partial charge is 0.249 e. The molecule has 0 spiro atoms. The fourth-order valence-corrected chi connectivity index (χ4v) is 3.57.